The van der Waals surface area contributed by atoms with Crippen LogP contribution >= 0.6 is 0 Å². The number of carbonyl (C=O) groups is 4. The molecular weight excluding hydrogens is 362 g/mol. The lowest BCUT2D eigenvalue weighted by Crippen LogP contribution is -2.43. The van der Waals surface area contributed by atoms with Crippen LogP contribution in [0.3, 0.4) is 0 Å². The number of rotatable bonds is 6. The summed E-state index contributed by atoms with van der Waals surface area (Å²) < 4.78 is 5.00. The number of carbonyl (C=O) groups excluding carboxylic acids is 4. The lowest BCUT2D eigenvalue weighted by atomic mass is 10.1. The normalized spacial score (nSPS) is 15.8. The minimum absolute atomic E-state index is 0.00343. The van der Waals surface area contributed by atoms with Crippen molar-refractivity contribution in [3.05, 3.63) is 66.2 Å². The molecule has 0 bridgehead atoms. The van der Waals surface area contributed by atoms with Gasteiger partial charge in [0.05, 0.1) is 12.5 Å². The van der Waals surface area contributed by atoms with Gasteiger partial charge in [-0.2, -0.15) is 0 Å². The van der Waals surface area contributed by atoms with E-state index in [-0.39, 0.29) is 18.9 Å². The first-order chi connectivity index (χ1) is 13.5. The van der Waals surface area contributed by atoms with Crippen LogP contribution in [0.2, 0.25) is 0 Å². The molecule has 1 aliphatic heterocycles. The Bertz CT molecular complexity index is 870. The zero-order valence-electron chi connectivity index (χ0n) is 15.0. The van der Waals surface area contributed by atoms with Crippen LogP contribution in [0.4, 0.5) is 5.69 Å². The molecule has 1 aliphatic rings. The largest absolute Gasteiger partial charge is 0.455 e. The first-order valence-corrected chi connectivity index (χ1v) is 8.71. The van der Waals surface area contributed by atoms with Crippen molar-refractivity contribution < 1.29 is 23.9 Å². The maximum Gasteiger partial charge on any atom is 0.311 e. The quantitative estimate of drug-likeness (QED) is 0.735. The van der Waals surface area contributed by atoms with Crippen LogP contribution in [-0.2, 0) is 19.1 Å². The summed E-state index contributed by atoms with van der Waals surface area (Å²) in [5.74, 6) is -2.70. The highest BCUT2D eigenvalue weighted by molar-refractivity contribution is 5.97. The van der Waals surface area contributed by atoms with Crippen LogP contribution in [0.1, 0.15) is 16.8 Å². The van der Waals surface area contributed by atoms with E-state index in [1.807, 2.05) is 6.07 Å². The number of nitrogens with one attached hydrogen (secondary N) is 2. The van der Waals surface area contributed by atoms with E-state index >= 15 is 0 Å². The average molecular weight is 381 g/mol. The second kappa shape index (κ2) is 8.81. The number of amides is 3. The molecule has 3 amide bonds. The summed E-state index contributed by atoms with van der Waals surface area (Å²) in [6.07, 6.45) is -0.0891. The Hall–Kier alpha value is -3.68. The molecule has 8 heteroatoms. The van der Waals surface area contributed by atoms with Gasteiger partial charge in [0.1, 0.15) is 0 Å². The van der Waals surface area contributed by atoms with Gasteiger partial charge in [-0.25, -0.2) is 0 Å². The first kappa shape index (κ1) is 19.1. The van der Waals surface area contributed by atoms with Crippen LogP contribution in [0.15, 0.2) is 60.7 Å². The fraction of sp³-hybridized carbons (Fsp3) is 0.200. The van der Waals surface area contributed by atoms with E-state index in [0.717, 1.165) is 5.01 Å². The lowest BCUT2D eigenvalue weighted by molar-refractivity contribution is -0.151. The summed E-state index contributed by atoms with van der Waals surface area (Å²) >= 11 is 0. The van der Waals surface area contributed by atoms with Crippen molar-refractivity contribution in [1.82, 2.24) is 10.4 Å². The number of nitrogens with zero attached hydrogens (tertiary/aromatic N) is 1. The smallest absolute Gasteiger partial charge is 0.311 e. The number of hydrogen-bond acceptors (Lipinski definition) is 5. The van der Waals surface area contributed by atoms with E-state index in [1.165, 1.54) is 0 Å². The molecule has 1 saturated heterocycles. The molecule has 0 aromatic heterocycles. The maximum atomic E-state index is 12.2. The van der Waals surface area contributed by atoms with Crippen LogP contribution in [0.25, 0.3) is 0 Å². The number of para-hydroxylation sites is 1. The van der Waals surface area contributed by atoms with E-state index in [9.17, 15) is 19.2 Å². The van der Waals surface area contributed by atoms with Gasteiger partial charge in [-0.05, 0) is 24.3 Å². The SMILES string of the molecule is O=C(COC(=O)[C@@H]1CC(=O)N(NC(=O)c2ccccc2)C1)Nc1ccccc1. The Labute approximate surface area is 161 Å². The van der Waals surface area contributed by atoms with Gasteiger partial charge in [-0.3, -0.25) is 29.6 Å². The molecule has 2 aromatic rings. The molecule has 1 heterocycles. The monoisotopic (exact) mass is 381 g/mol. The van der Waals surface area contributed by atoms with Crippen molar-refractivity contribution in [1.29, 1.82) is 0 Å². The standard InChI is InChI=1S/C20H19N3O5/c24-17(21-16-9-5-2-6-10-16)13-28-20(27)15-11-18(25)23(12-15)22-19(26)14-7-3-1-4-8-14/h1-10,15H,11-13H2,(H,21,24)(H,22,26)/t15-/m1/s1. The molecule has 0 radical (unpaired) electrons. The molecule has 144 valence electrons. The molecule has 28 heavy (non-hydrogen) atoms. The second-order valence-corrected chi connectivity index (χ2v) is 6.23. The second-order valence-electron chi connectivity index (χ2n) is 6.23. The summed E-state index contributed by atoms with van der Waals surface area (Å²) in [5.41, 5.74) is 3.48. The Kier molecular flexibility index (Phi) is 6.01. The van der Waals surface area contributed by atoms with E-state index in [2.05, 4.69) is 10.7 Å². The highest BCUT2D eigenvalue weighted by atomic mass is 16.5. The van der Waals surface area contributed by atoms with Crippen LogP contribution in [0.5, 0.6) is 0 Å². The summed E-state index contributed by atoms with van der Waals surface area (Å²) in [6.45, 7) is -0.453. The van der Waals surface area contributed by atoms with Gasteiger partial charge in [0.2, 0.25) is 5.91 Å². The van der Waals surface area contributed by atoms with Gasteiger partial charge in [0.25, 0.3) is 11.8 Å². The molecule has 0 unspecified atom stereocenters. The Balaban J connectivity index is 1.47. The third kappa shape index (κ3) is 4.94. The molecule has 1 fully saturated rings. The molecule has 2 N–H and O–H groups in total. The maximum absolute atomic E-state index is 12.2. The minimum Gasteiger partial charge on any atom is -0.455 e. The predicted molar refractivity (Wildman–Crippen MR) is 99.8 cm³/mol. The van der Waals surface area contributed by atoms with Crippen molar-refractivity contribution in [2.45, 2.75) is 6.42 Å². The van der Waals surface area contributed by atoms with Gasteiger partial charge in [0.15, 0.2) is 6.61 Å². The molecule has 0 saturated carbocycles. The van der Waals surface area contributed by atoms with Crippen molar-refractivity contribution >= 4 is 29.4 Å². The lowest BCUT2D eigenvalue weighted by Gasteiger charge is -2.17. The molecule has 3 rings (SSSR count). The highest BCUT2D eigenvalue weighted by Crippen LogP contribution is 2.18. The van der Waals surface area contributed by atoms with Crippen LogP contribution in [0, 0.1) is 5.92 Å². The zero-order chi connectivity index (χ0) is 19.9. The van der Waals surface area contributed by atoms with E-state index in [1.54, 1.807) is 54.6 Å². The summed E-state index contributed by atoms with van der Waals surface area (Å²) in [5, 5.41) is 3.70. The summed E-state index contributed by atoms with van der Waals surface area (Å²) in [4.78, 5) is 48.2. The number of esters is 1. The molecule has 2 aromatic carbocycles. The van der Waals surface area contributed by atoms with Gasteiger partial charge in [0, 0.05) is 17.7 Å². The van der Waals surface area contributed by atoms with Gasteiger partial charge in [-0.15, -0.1) is 0 Å². The third-order valence-electron chi connectivity index (χ3n) is 4.13. The van der Waals surface area contributed by atoms with E-state index in [4.69, 9.17) is 4.74 Å². The number of hydrazine groups is 1. The molecule has 1 atom stereocenters. The molecule has 0 aliphatic carbocycles. The number of benzene rings is 2. The van der Waals surface area contributed by atoms with Crippen molar-refractivity contribution in [2.24, 2.45) is 5.92 Å². The summed E-state index contributed by atoms with van der Waals surface area (Å²) in [7, 11) is 0. The van der Waals surface area contributed by atoms with Crippen LogP contribution < -0.4 is 10.7 Å². The van der Waals surface area contributed by atoms with E-state index in [0.29, 0.717) is 11.3 Å². The van der Waals surface area contributed by atoms with E-state index < -0.39 is 30.3 Å². The first-order valence-electron chi connectivity index (χ1n) is 8.71. The Morgan fingerprint density at radius 2 is 1.64 bits per heavy atom. The Morgan fingerprint density at radius 1 is 1.00 bits per heavy atom. The van der Waals surface area contributed by atoms with Crippen molar-refractivity contribution in [2.75, 3.05) is 18.5 Å². The molecule has 8 nitrogen and oxygen atoms in total. The average Bonchev–Trinajstić information content (AvgIpc) is 3.08. The fourth-order valence-electron chi connectivity index (χ4n) is 2.72. The number of anilines is 1. The number of hydrogen-bond donors (Lipinski definition) is 2. The predicted octanol–water partition coefficient (Wildman–Crippen LogP) is 1.36. The molecule has 0 spiro atoms. The minimum atomic E-state index is -0.743. The van der Waals surface area contributed by atoms with Crippen LogP contribution in [-0.4, -0.2) is 41.9 Å². The van der Waals surface area contributed by atoms with Gasteiger partial charge < -0.3 is 10.1 Å². The van der Waals surface area contributed by atoms with Crippen molar-refractivity contribution in [3.63, 3.8) is 0 Å². The number of ether oxygens (including phenoxy) is 1. The molecular formula is C20H19N3O5. The van der Waals surface area contributed by atoms with Gasteiger partial charge >= 0.3 is 5.97 Å². The fourth-order valence-corrected chi connectivity index (χ4v) is 2.72. The third-order valence-corrected chi connectivity index (χ3v) is 4.13. The van der Waals surface area contributed by atoms with Crippen molar-refractivity contribution in [3.8, 4) is 0 Å². The Morgan fingerprint density at radius 3 is 2.32 bits per heavy atom. The topological polar surface area (TPSA) is 105 Å². The summed E-state index contributed by atoms with van der Waals surface area (Å²) in [6, 6.07) is 17.2. The zero-order valence-corrected chi connectivity index (χ0v) is 15.0. The highest BCUT2D eigenvalue weighted by Gasteiger charge is 2.36. The van der Waals surface area contributed by atoms with Gasteiger partial charge in [-0.1, -0.05) is 36.4 Å².